The largest absolute Gasteiger partial charge is 0.508 e. The molecule has 1 aromatic carbocycles. The molecule has 0 radical (unpaired) electrons. The molecule has 0 amide bonds. The molecule has 23 heavy (non-hydrogen) atoms. The predicted molar refractivity (Wildman–Crippen MR) is 87.5 cm³/mol. The van der Waals surface area contributed by atoms with E-state index in [1.165, 1.54) is 0 Å². The van der Waals surface area contributed by atoms with Crippen LogP contribution < -0.4 is 0 Å². The highest BCUT2D eigenvalue weighted by atomic mass is 16.7. The average molecular weight is 318 g/mol. The van der Waals surface area contributed by atoms with Crippen LogP contribution in [0.3, 0.4) is 0 Å². The van der Waals surface area contributed by atoms with Gasteiger partial charge in [-0.2, -0.15) is 0 Å². The van der Waals surface area contributed by atoms with Gasteiger partial charge in [0, 0.05) is 5.41 Å². The maximum Gasteiger partial charge on any atom is 0.341 e. The summed E-state index contributed by atoms with van der Waals surface area (Å²) in [6, 6.07) is 3.39. The molecular formula is C19H26O4. The number of aromatic hydroxyl groups is 1. The van der Waals surface area contributed by atoms with Gasteiger partial charge in [0.1, 0.15) is 5.75 Å². The number of rotatable bonds is 1. The lowest BCUT2D eigenvalue weighted by molar-refractivity contribution is -0.292. The van der Waals surface area contributed by atoms with Crippen molar-refractivity contribution < 1.29 is 19.7 Å². The zero-order valence-corrected chi connectivity index (χ0v) is 14.6. The number of fused-ring (bicyclic) bond motifs is 3. The first-order valence-electron chi connectivity index (χ1n) is 8.36. The summed E-state index contributed by atoms with van der Waals surface area (Å²) >= 11 is 0. The molecule has 4 heteroatoms. The molecular weight excluding hydrogens is 292 g/mol. The van der Waals surface area contributed by atoms with Gasteiger partial charge in [0.25, 0.3) is 0 Å². The molecule has 1 aromatic rings. The first kappa shape index (κ1) is 16.3. The van der Waals surface area contributed by atoms with E-state index in [-0.39, 0.29) is 11.7 Å². The van der Waals surface area contributed by atoms with Crippen molar-refractivity contribution in [3.63, 3.8) is 0 Å². The SMILES string of the molecule is CC(C)c1cc2c(cc1O)[C@@]1(C)CCCC(C)(C)[C@@]1(O)OC2=O. The van der Waals surface area contributed by atoms with E-state index in [9.17, 15) is 15.0 Å². The van der Waals surface area contributed by atoms with Crippen LogP contribution in [0.15, 0.2) is 12.1 Å². The van der Waals surface area contributed by atoms with Gasteiger partial charge in [0.15, 0.2) is 0 Å². The van der Waals surface area contributed by atoms with E-state index in [0.717, 1.165) is 18.4 Å². The van der Waals surface area contributed by atoms with E-state index in [1.54, 1.807) is 12.1 Å². The number of hydrogen-bond acceptors (Lipinski definition) is 4. The minimum atomic E-state index is -1.56. The minimum absolute atomic E-state index is 0.101. The molecule has 1 aliphatic carbocycles. The monoisotopic (exact) mass is 318 g/mol. The summed E-state index contributed by atoms with van der Waals surface area (Å²) in [6.45, 7) is 9.75. The number of carbonyl (C=O) groups is 1. The highest BCUT2D eigenvalue weighted by Crippen LogP contribution is 2.59. The molecule has 1 heterocycles. The predicted octanol–water partition coefficient (Wildman–Crippen LogP) is 3.84. The molecule has 1 aliphatic heterocycles. The second-order valence-electron chi connectivity index (χ2n) is 8.21. The smallest absolute Gasteiger partial charge is 0.341 e. The number of hydrogen-bond donors (Lipinski definition) is 2. The van der Waals surface area contributed by atoms with Crippen molar-refractivity contribution in [1.29, 1.82) is 0 Å². The zero-order valence-electron chi connectivity index (χ0n) is 14.6. The maximum absolute atomic E-state index is 12.6. The van der Waals surface area contributed by atoms with Crippen LogP contribution >= 0.6 is 0 Å². The third-order valence-corrected chi connectivity index (χ3v) is 5.99. The van der Waals surface area contributed by atoms with Crippen LogP contribution in [0.2, 0.25) is 0 Å². The molecule has 4 nitrogen and oxygen atoms in total. The summed E-state index contributed by atoms with van der Waals surface area (Å²) < 4.78 is 5.63. The molecule has 0 unspecified atom stereocenters. The third kappa shape index (κ3) is 1.97. The Kier molecular flexibility index (Phi) is 3.35. The Labute approximate surface area is 137 Å². The van der Waals surface area contributed by atoms with Crippen LogP contribution in [0, 0.1) is 5.41 Å². The molecule has 1 saturated carbocycles. The van der Waals surface area contributed by atoms with E-state index in [4.69, 9.17) is 4.74 Å². The first-order chi connectivity index (χ1) is 10.5. The number of esters is 1. The molecule has 0 spiro atoms. The Morgan fingerprint density at radius 2 is 1.83 bits per heavy atom. The number of carbonyl (C=O) groups excluding carboxylic acids is 1. The van der Waals surface area contributed by atoms with Crippen molar-refractivity contribution in [2.24, 2.45) is 5.41 Å². The Hall–Kier alpha value is -1.55. The van der Waals surface area contributed by atoms with Crippen molar-refractivity contribution in [1.82, 2.24) is 0 Å². The number of phenolic OH excluding ortho intramolecular Hbond substituents is 1. The summed E-state index contributed by atoms with van der Waals surface area (Å²) in [7, 11) is 0. The lowest BCUT2D eigenvalue weighted by Gasteiger charge is -2.58. The summed E-state index contributed by atoms with van der Waals surface area (Å²) in [5.41, 5.74) is 0.636. The van der Waals surface area contributed by atoms with Crippen LogP contribution in [-0.2, 0) is 10.2 Å². The summed E-state index contributed by atoms with van der Waals surface area (Å²) in [5.74, 6) is -1.78. The molecule has 126 valence electrons. The molecule has 2 N–H and O–H groups in total. The van der Waals surface area contributed by atoms with Crippen molar-refractivity contribution in [2.45, 2.75) is 71.0 Å². The molecule has 3 rings (SSSR count). The average Bonchev–Trinajstić information content (AvgIpc) is 2.43. The van der Waals surface area contributed by atoms with Gasteiger partial charge in [-0.15, -0.1) is 0 Å². The lowest BCUT2D eigenvalue weighted by Crippen LogP contribution is -2.66. The molecule has 0 saturated heterocycles. The van der Waals surface area contributed by atoms with Crippen LogP contribution in [-0.4, -0.2) is 22.0 Å². The van der Waals surface area contributed by atoms with Crippen LogP contribution in [0.1, 0.15) is 81.3 Å². The first-order valence-corrected chi connectivity index (χ1v) is 8.36. The van der Waals surface area contributed by atoms with E-state index in [1.807, 2.05) is 34.6 Å². The fourth-order valence-electron chi connectivity index (χ4n) is 4.42. The Bertz CT molecular complexity index is 676. The van der Waals surface area contributed by atoms with Crippen molar-refractivity contribution in [3.05, 3.63) is 28.8 Å². The molecule has 2 aliphatic rings. The third-order valence-electron chi connectivity index (χ3n) is 5.99. The van der Waals surface area contributed by atoms with Gasteiger partial charge in [0.05, 0.1) is 11.0 Å². The van der Waals surface area contributed by atoms with E-state index >= 15 is 0 Å². The van der Waals surface area contributed by atoms with E-state index in [0.29, 0.717) is 17.5 Å². The second-order valence-corrected chi connectivity index (χ2v) is 8.21. The lowest BCUT2D eigenvalue weighted by atomic mass is 9.55. The minimum Gasteiger partial charge on any atom is -0.508 e. The Morgan fingerprint density at radius 1 is 1.17 bits per heavy atom. The van der Waals surface area contributed by atoms with Crippen molar-refractivity contribution >= 4 is 5.97 Å². The molecule has 0 bridgehead atoms. The standard InChI is InChI=1S/C19H26O4/c1-11(2)12-9-13-14(10-15(12)20)18(5)8-6-7-17(3,4)19(18,22)23-16(13)21/h9-11,20,22H,6-8H2,1-5H3/t18-,19-/m1/s1. The van der Waals surface area contributed by atoms with Gasteiger partial charge in [-0.05, 0) is 48.9 Å². The Balaban J connectivity index is 2.27. The zero-order chi connectivity index (χ0) is 17.2. The van der Waals surface area contributed by atoms with Gasteiger partial charge in [-0.25, -0.2) is 4.79 Å². The number of phenols is 1. The van der Waals surface area contributed by atoms with Crippen LogP contribution in [0.4, 0.5) is 0 Å². The van der Waals surface area contributed by atoms with Gasteiger partial charge < -0.3 is 14.9 Å². The van der Waals surface area contributed by atoms with Crippen LogP contribution in [0.5, 0.6) is 5.75 Å². The number of ether oxygens (including phenoxy) is 1. The highest BCUT2D eigenvalue weighted by Gasteiger charge is 2.65. The van der Waals surface area contributed by atoms with Gasteiger partial charge in [-0.3, -0.25) is 0 Å². The van der Waals surface area contributed by atoms with Crippen molar-refractivity contribution in [2.75, 3.05) is 0 Å². The van der Waals surface area contributed by atoms with Gasteiger partial charge >= 0.3 is 5.97 Å². The fourth-order valence-corrected chi connectivity index (χ4v) is 4.42. The maximum atomic E-state index is 12.6. The van der Waals surface area contributed by atoms with Crippen molar-refractivity contribution in [3.8, 4) is 5.75 Å². The molecule has 1 fully saturated rings. The molecule has 2 atom stereocenters. The van der Waals surface area contributed by atoms with E-state index < -0.39 is 22.6 Å². The number of aliphatic hydroxyl groups is 1. The van der Waals surface area contributed by atoms with E-state index in [2.05, 4.69) is 0 Å². The van der Waals surface area contributed by atoms with Gasteiger partial charge in [0.2, 0.25) is 5.79 Å². The summed E-state index contributed by atoms with van der Waals surface area (Å²) in [4.78, 5) is 12.6. The quantitative estimate of drug-likeness (QED) is 0.772. The van der Waals surface area contributed by atoms with Crippen LogP contribution in [0.25, 0.3) is 0 Å². The Morgan fingerprint density at radius 3 is 2.43 bits per heavy atom. The molecule has 0 aromatic heterocycles. The summed E-state index contributed by atoms with van der Waals surface area (Å²) in [5, 5.41) is 21.7. The highest BCUT2D eigenvalue weighted by molar-refractivity contribution is 5.94. The fraction of sp³-hybridized carbons (Fsp3) is 0.632. The normalized spacial score (nSPS) is 32.2. The second kappa shape index (κ2) is 4.73. The number of benzene rings is 1. The van der Waals surface area contributed by atoms with Gasteiger partial charge in [-0.1, -0.05) is 34.1 Å². The summed E-state index contributed by atoms with van der Waals surface area (Å²) in [6.07, 6.45) is 2.45. The topological polar surface area (TPSA) is 66.8 Å².